The lowest BCUT2D eigenvalue weighted by molar-refractivity contribution is 0.0520. The lowest BCUT2D eigenvalue weighted by Crippen LogP contribution is -2.07. The number of halogens is 1. The summed E-state index contributed by atoms with van der Waals surface area (Å²) in [6, 6.07) is 12.8. The van der Waals surface area contributed by atoms with E-state index in [4.69, 9.17) is 25.8 Å². The summed E-state index contributed by atoms with van der Waals surface area (Å²) in [5.41, 5.74) is 2.12. The molecule has 146 valence electrons. The predicted molar refractivity (Wildman–Crippen MR) is 105 cm³/mol. The Labute approximate surface area is 167 Å². The molecule has 0 bridgehead atoms. The number of esters is 1. The molecule has 0 unspecified atom stereocenters. The zero-order valence-corrected chi connectivity index (χ0v) is 16.3. The Morgan fingerprint density at radius 3 is 2.64 bits per heavy atom. The number of hydrogen-bond acceptors (Lipinski definition) is 6. The third-order valence-electron chi connectivity index (χ3n) is 3.82. The van der Waals surface area contributed by atoms with Crippen molar-refractivity contribution in [2.24, 2.45) is 0 Å². The molecule has 0 fully saturated rings. The van der Waals surface area contributed by atoms with Crippen molar-refractivity contribution in [1.82, 2.24) is 15.4 Å². The SMILES string of the molecule is CCOC(=O)c1n[nH]nc1-c1ccc(OCc2cccc(Cl)c2)c(OCC)c1. The maximum atomic E-state index is 12.1. The van der Waals surface area contributed by atoms with Crippen LogP contribution in [-0.4, -0.2) is 34.6 Å². The van der Waals surface area contributed by atoms with E-state index in [9.17, 15) is 4.79 Å². The van der Waals surface area contributed by atoms with Gasteiger partial charge in [-0.1, -0.05) is 23.7 Å². The molecular formula is C20H20ClN3O4. The first-order valence-corrected chi connectivity index (χ1v) is 9.22. The van der Waals surface area contributed by atoms with Crippen LogP contribution < -0.4 is 9.47 Å². The highest BCUT2D eigenvalue weighted by Crippen LogP contribution is 2.33. The molecule has 0 amide bonds. The molecule has 3 rings (SSSR count). The number of carbonyl (C=O) groups is 1. The molecule has 28 heavy (non-hydrogen) atoms. The summed E-state index contributed by atoms with van der Waals surface area (Å²) in [5, 5.41) is 11.1. The molecule has 0 atom stereocenters. The first-order chi connectivity index (χ1) is 13.6. The minimum atomic E-state index is -0.537. The minimum Gasteiger partial charge on any atom is -0.490 e. The van der Waals surface area contributed by atoms with Gasteiger partial charge in [0.05, 0.1) is 13.2 Å². The molecule has 1 heterocycles. The zero-order valence-electron chi connectivity index (χ0n) is 15.6. The highest BCUT2D eigenvalue weighted by Gasteiger charge is 2.20. The van der Waals surface area contributed by atoms with Crippen LogP contribution in [0.4, 0.5) is 0 Å². The van der Waals surface area contributed by atoms with Crippen molar-refractivity contribution in [2.45, 2.75) is 20.5 Å². The predicted octanol–water partition coefficient (Wildman–Crippen LogP) is 4.28. The van der Waals surface area contributed by atoms with Gasteiger partial charge < -0.3 is 14.2 Å². The molecule has 2 aromatic carbocycles. The van der Waals surface area contributed by atoms with Crippen LogP contribution in [0.15, 0.2) is 42.5 Å². The van der Waals surface area contributed by atoms with Gasteiger partial charge in [-0.25, -0.2) is 4.79 Å². The Balaban J connectivity index is 1.85. The third-order valence-corrected chi connectivity index (χ3v) is 4.05. The minimum absolute atomic E-state index is 0.122. The molecule has 0 spiro atoms. The molecule has 3 aromatic rings. The van der Waals surface area contributed by atoms with Crippen molar-refractivity contribution in [2.75, 3.05) is 13.2 Å². The van der Waals surface area contributed by atoms with Crippen LogP contribution in [-0.2, 0) is 11.3 Å². The Morgan fingerprint density at radius 2 is 1.89 bits per heavy atom. The van der Waals surface area contributed by atoms with Crippen LogP contribution in [0.2, 0.25) is 5.02 Å². The van der Waals surface area contributed by atoms with Crippen LogP contribution >= 0.6 is 11.6 Å². The monoisotopic (exact) mass is 401 g/mol. The Morgan fingerprint density at radius 1 is 1.04 bits per heavy atom. The smallest absolute Gasteiger partial charge is 0.361 e. The van der Waals surface area contributed by atoms with Crippen molar-refractivity contribution in [3.8, 4) is 22.8 Å². The van der Waals surface area contributed by atoms with Gasteiger partial charge in [0, 0.05) is 10.6 Å². The molecule has 0 aliphatic rings. The molecule has 7 nitrogen and oxygen atoms in total. The summed E-state index contributed by atoms with van der Waals surface area (Å²) < 4.78 is 16.6. The average Bonchev–Trinajstić information content (AvgIpc) is 3.17. The van der Waals surface area contributed by atoms with Crippen LogP contribution in [0.3, 0.4) is 0 Å². The highest BCUT2D eigenvalue weighted by molar-refractivity contribution is 6.30. The summed E-state index contributed by atoms with van der Waals surface area (Å²) in [5.74, 6) is 0.581. The van der Waals surface area contributed by atoms with Crippen molar-refractivity contribution >= 4 is 17.6 Å². The van der Waals surface area contributed by atoms with E-state index in [1.807, 2.05) is 31.2 Å². The third kappa shape index (κ3) is 4.61. The second-order valence-corrected chi connectivity index (χ2v) is 6.19. The Hall–Kier alpha value is -3.06. The van der Waals surface area contributed by atoms with Gasteiger partial charge in [0.1, 0.15) is 12.3 Å². The number of benzene rings is 2. The first-order valence-electron chi connectivity index (χ1n) is 8.84. The number of nitrogens with one attached hydrogen (secondary N) is 1. The molecule has 1 aromatic heterocycles. The van der Waals surface area contributed by atoms with Crippen LogP contribution in [0.5, 0.6) is 11.5 Å². The van der Waals surface area contributed by atoms with E-state index in [0.717, 1.165) is 5.56 Å². The normalized spacial score (nSPS) is 10.5. The van der Waals surface area contributed by atoms with Crippen LogP contribution in [0.1, 0.15) is 29.9 Å². The van der Waals surface area contributed by atoms with E-state index in [1.165, 1.54) is 0 Å². The number of carbonyl (C=O) groups excluding carboxylic acids is 1. The Bertz CT molecular complexity index is 958. The van der Waals surface area contributed by atoms with Crippen molar-refractivity contribution in [3.63, 3.8) is 0 Å². The zero-order chi connectivity index (χ0) is 19.9. The second kappa shape index (κ2) is 9.23. The molecule has 0 saturated heterocycles. The number of rotatable bonds is 8. The van der Waals surface area contributed by atoms with Gasteiger partial charge >= 0.3 is 5.97 Å². The Kier molecular flexibility index (Phi) is 6.49. The number of hydrogen-bond donors (Lipinski definition) is 1. The summed E-state index contributed by atoms with van der Waals surface area (Å²) >= 11 is 6.01. The number of aromatic nitrogens is 3. The molecule has 0 saturated carbocycles. The van der Waals surface area contributed by atoms with Gasteiger partial charge in [-0.3, -0.25) is 0 Å². The maximum absolute atomic E-state index is 12.1. The standard InChI is InChI=1S/C20H20ClN3O4/c1-3-26-17-11-14(18-19(23-24-22-18)20(25)27-4-2)8-9-16(17)28-12-13-6-5-7-15(21)10-13/h5-11H,3-4,12H2,1-2H3,(H,22,23,24). The van der Waals surface area contributed by atoms with E-state index >= 15 is 0 Å². The van der Waals surface area contributed by atoms with Gasteiger partial charge in [-0.2, -0.15) is 10.3 Å². The molecule has 0 aliphatic carbocycles. The fourth-order valence-corrected chi connectivity index (χ4v) is 2.82. The lowest BCUT2D eigenvalue weighted by Gasteiger charge is -2.13. The van der Waals surface area contributed by atoms with Gasteiger partial charge in [-0.15, -0.1) is 5.10 Å². The summed E-state index contributed by atoms with van der Waals surface area (Å²) in [6.07, 6.45) is 0. The number of aromatic amines is 1. The molecule has 1 N–H and O–H groups in total. The van der Waals surface area contributed by atoms with Gasteiger partial charge in [0.15, 0.2) is 17.2 Å². The quantitative estimate of drug-likeness (QED) is 0.567. The van der Waals surface area contributed by atoms with E-state index in [0.29, 0.717) is 41.0 Å². The summed E-state index contributed by atoms with van der Waals surface area (Å²) in [4.78, 5) is 12.1. The largest absolute Gasteiger partial charge is 0.490 e. The van der Waals surface area contributed by atoms with E-state index in [2.05, 4.69) is 15.4 Å². The van der Waals surface area contributed by atoms with Crippen molar-refractivity contribution in [1.29, 1.82) is 0 Å². The maximum Gasteiger partial charge on any atom is 0.361 e. The van der Waals surface area contributed by atoms with E-state index < -0.39 is 5.97 Å². The van der Waals surface area contributed by atoms with Crippen molar-refractivity contribution < 1.29 is 19.0 Å². The molecule has 0 aliphatic heterocycles. The lowest BCUT2D eigenvalue weighted by atomic mass is 10.1. The van der Waals surface area contributed by atoms with Crippen LogP contribution in [0.25, 0.3) is 11.3 Å². The van der Waals surface area contributed by atoms with Gasteiger partial charge in [-0.05, 0) is 49.7 Å². The van der Waals surface area contributed by atoms with Crippen LogP contribution in [0, 0.1) is 0 Å². The summed E-state index contributed by atoms with van der Waals surface area (Å²) in [6.45, 7) is 4.68. The fraction of sp³-hybridized carbons (Fsp3) is 0.250. The molecule has 8 heteroatoms. The van der Waals surface area contributed by atoms with Gasteiger partial charge in [0.25, 0.3) is 0 Å². The number of H-pyrrole nitrogens is 1. The second-order valence-electron chi connectivity index (χ2n) is 5.75. The van der Waals surface area contributed by atoms with E-state index in [1.54, 1.807) is 25.1 Å². The topological polar surface area (TPSA) is 86.3 Å². The van der Waals surface area contributed by atoms with E-state index in [-0.39, 0.29) is 12.3 Å². The first kappa shape index (κ1) is 19.7. The average molecular weight is 402 g/mol. The highest BCUT2D eigenvalue weighted by atomic mass is 35.5. The number of ether oxygens (including phenoxy) is 3. The molecule has 0 radical (unpaired) electrons. The molecular weight excluding hydrogens is 382 g/mol. The number of nitrogens with zero attached hydrogens (tertiary/aromatic N) is 2. The van der Waals surface area contributed by atoms with Gasteiger partial charge in [0.2, 0.25) is 0 Å². The summed E-state index contributed by atoms with van der Waals surface area (Å²) in [7, 11) is 0. The van der Waals surface area contributed by atoms with Crippen molar-refractivity contribution in [3.05, 3.63) is 58.7 Å². The fourth-order valence-electron chi connectivity index (χ4n) is 2.60.